The monoisotopic (exact) mass is 281 g/mol. The van der Waals surface area contributed by atoms with E-state index in [-0.39, 0.29) is 0 Å². The molecule has 0 spiro atoms. The van der Waals surface area contributed by atoms with E-state index in [1.54, 1.807) is 24.3 Å². The molecule has 1 heterocycles. The van der Waals surface area contributed by atoms with E-state index in [1.807, 2.05) is 0 Å². The minimum atomic E-state index is -0.488. The summed E-state index contributed by atoms with van der Waals surface area (Å²) < 4.78 is 9.91. The van der Waals surface area contributed by atoms with Gasteiger partial charge in [0.2, 0.25) is 11.8 Å². The van der Waals surface area contributed by atoms with Crippen LogP contribution in [0.1, 0.15) is 5.89 Å². The van der Waals surface area contributed by atoms with Crippen molar-refractivity contribution < 1.29 is 13.9 Å². The lowest BCUT2D eigenvalue weighted by Crippen LogP contribution is -2.25. The van der Waals surface area contributed by atoms with Crippen LogP contribution in [0.2, 0.25) is 5.02 Å². The molecule has 1 N–H and O–H groups in total. The zero-order valence-corrected chi connectivity index (χ0v) is 11.0. The van der Waals surface area contributed by atoms with E-state index in [0.29, 0.717) is 29.8 Å². The summed E-state index contributed by atoms with van der Waals surface area (Å²) in [5, 5.41) is 11.0. The highest BCUT2D eigenvalue weighted by atomic mass is 35.5. The van der Waals surface area contributed by atoms with Crippen molar-refractivity contribution in [2.75, 3.05) is 13.7 Å². The molecule has 100 valence electrons. The van der Waals surface area contributed by atoms with Gasteiger partial charge in [-0.2, -0.15) is 0 Å². The number of ether oxygens (including phenoxy) is 1. The van der Waals surface area contributed by atoms with Crippen LogP contribution in [0.3, 0.4) is 0 Å². The Balaban J connectivity index is 1.95. The highest BCUT2D eigenvalue weighted by molar-refractivity contribution is 6.30. The minimum absolute atomic E-state index is 0.370. The van der Waals surface area contributed by atoms with Crippen LogP contribution in [-0.2, 0) is 11.2 Å². The zero-order valence-electron chi connectivity index (χ0n) is 10.2. The van der Waals surface area contributed by atoms with Gasteiger partial charge in [0.1, 0.15) is 0 Å². The fourth-order valence-corrected chi connectivity index (χ4v) is 1.53. The number of alkyl carbamates (subject to hydrolysis) is 1. The first-order valence-electron chi connectivity index (χ1n) is 5.59. The molecular weight excluding hydrogens is 270 g/mol. The molecule has 0 radical (unpaired) electrons. The molecule has 0 unspecified atom stereocenters. The summed E-state index contributed by atoms with van der Waals surface area (Å²) in [6, 6.07) is 7.10. The normalized spacial score (nSPS) is 10.2. The van der Waals surface area contributed by atoms with Gasteiger partial charge >= 0.3 is 6.09 Å². The summed E-state index contributed by atoms with van der Waals surface area (Å²) in [5.74, 6) is 0.867. The average Bonchev–Trinajstić information content (AvgIpc) is 2.88. The molecule has 7 heteroatoms. The largest absolute Gasteiger partial charge is 0.453 e. The number of carbonyl (C=O) groups is 1. The number of hydrogen-bond acceptors (Lipinski definition) is 5. The van der Waals surface area contributed by atoms with Gasteiger partial charge in [-0.1, -0.05) is 11.6 Å². The summed E-state index contributed by atoms with van der Waals surface area (Å²) in [6.45, 7) is 0.370. The van der Waals surface area contributed by atoms with Crippen LogP contribution in [0.5, 0.6) is 0 Å². The van der Waals surface area contributed by atoms with Gasteiger partial charge in [-0.15, -0.1) is 10.2 Å². The third-order valence-electron chi connectivity index (χ3n) is 2.35. The number of aromatic nitrogens is 2. The second-order valence-corrected chi connectivity index (χ2v) is 4.11. The Hall–Kier alpha value is -2.08. The first kappa shape index (κ1) is 13.4. The maximum atomic E-state index is 10.8. The molecule has 1 aromatic carbocycles. The van der Waals surface area contributed by atoms with Crippen LogP contribution >= 0.6 is 11.6 Å². The van der Waals surface area contributed by atoms with Crippen molar-refractivity contribution in [1.29, 1.82) is 0 Å². The molecule has 0 saturated carbocycles. The molecule has 0 fully saturated rings. The third kappa shape index (κ3) is 3.69. The van der Waals surface area contributed by atoms with Gasteiger partial charge in [0.15, 0.2) is 0 Å². The molecule has 0 aliphatic heterocycles. The van der Waals surface area contributed by atoms with E-state index < -0.39 is 6.09 Å². The Morgan fingerprint density at radius 3 is 2.79 bits per heavy atom. The van der Waals surface area contributed by atoms with E-state index in [4.69, 9.17) is 16.0 Å². The standard InChI is InChI=1S/C12H12ClN3O3/c1-18-12(17)14-7-6-10-15-16-11(19-10)8-2-4-9(13)5-3-8/h2-5H,6-7H2,1H3,(H,14,17). The van der Waals surface area contributed by atoms with Crippen LogP contribution < -0.4 is 5.32 Å². The highest BCUT2D eigenvalue weighted by Gasteiger charge is 2.08. The molecule has 2 rings (SSSR count). The highest BCUT2D eigenvalue weighted by Crippen LogP contribution is 2.20. The molecule has 0 aliphatic carbocycles. The number of rotatable bonds is 4. The fraction of sp³-hybridized carbons (Fsp3) is 0.250. The Labute approximate surface area is 114 Å². The lowest BCUT2D eigenvalue weighted by atomic mass is 10.2. The summed E-state index contributed by atoms with van der Waals surface area (Å²) in [6.07, 6.45) is -0.0483. The number of nitrogens with one attached hydrogen (secondary N) is 1. The van der Waals surface area contributed by atoms with E-state index in [2.05, 4.69) is 20.3 Å². The fourth-order valence-electron chi connectivity index (χ4n) is 1.41. The van der Waals surface area contributed by atoms with Gasteiger partial charge < -0.3 is 14.5 Å². The SMILES string of the molecule is COC(=O)NCCc1nnc(-c2ccc(Cl)cc2)o1. The van der Waals surface area contributed by atoms with Gasteiger partial charge in [0, 0.05) is 23.6 Å². The van der Waals surface area contributed by atoms with Crippen molar-refractivity contribution in [2.24, 2.45) is 0 Å². The van der Waals surface area contributed by atoms with Crippen molar-refractivity contribution >= 4 is 17.7 Å². The lowest BCUT2D eigenvalue weighted by Gasteiger charge is -2.00. The van der Waals surface area contributed by atoms with Crippen molar-refractivity contribution in [2.45, 2.75) is 6.42 Å². The number of carbonyl (C=O) groups excluding carboxylic acids is 1. The predicted octanol–water partition coefficient (Wildman–Crippen LogP) is 2.29. The molecule has 1 amide bonds. The third-order valence-corrected chi connectivity index (χ3v) is 2.60. The van der Waals surface area contributed by atoms with Gasteiger partial charge in [0.05, 0.1) is 7.11 Å². The van der Waals surface area contributed by atoms with Crippen molar-refractivity contribution in [3.05, 3.63) is 35.2 Å². The number of nitrogens with zero attached hydrogens (tertiary/aromatic N) is 2. The van der Waals surface area contributed by atoms with Crippen molar-refractivity contribution in [3.63, 3.8) is 0 Å². The zero-order chi connectivity index (χ0) is 13.7. The van der Waals surface area contributed by atoms with Crippen LogP contribution in [0.25, 0.3) is 11.5 Å². The summed E-state index contributed by atoms with van der Waals surface area (Å²) >= 11 is 5.80. The maximum Gasteiger partial charge on any atom is 0.406 e. The summed E-state index contributed by atoms with van der Waals surface area (Å²) in [7, 11) is 1.31. The average molecular weight is 282 g/mol. The van der Waals surface area contributed by atoms with E-state index in [9.17, 15) is 4.79 Å². The van der Waals surface area contributed by atoms with Crippen LogP contribution in [-0.4, -0.2) is 29.9 Å². The first-order chi connectivity index (χ1) is 9.19. The molecule has 0 saturated heterocycles. The molecule has 19 heavy (non-hydrogen) atoms. The second-order valence-electron chi connectivity index (χ2n) is 3.68. The van der Waals surface area contributed by atoms with Gasteiger partial charge in [-0.3, -0.25) is 0 Å². The number of methoxy groups -OCH3 is 1. The Morgan fingerprint density at radius 1 is 1.37 bits per heavy atom. The van der Waals surface area contributed by atoms with Crippen LogP contribution in [0.4, 0.5) is 4.79 Å². The quantitative estimate of drug-likeness (QED) is 0.930. The minimum Gasteiger partial charge on any atom is -0.453 e. The molecule has 0 aliphatic rings. The molecule has 0 atom stereocenters. The number of amides is 1. The molecule has 1 aromatic heterocycles. The van der Waals surface area contributed by atoms with E-state index in [0.717, 1.165) is 5.56 Å². The van der Waals surface area contributed by atoms with Gasteiger partial charge in [-0.05, 0) is 24.3 Å². The Kier molecular flexibility index (Phi) is 4.35. The number of halogens is 1. The smallest absolute Gasteiger partial charge is 0.406 e. The Morgan fingerprint density at radius 2 is 2.11 bits per heavy atom. The molecular formula is C12H12ClN3O3. The summed E-state index contributed by atoms with van der Waals surface area (Å²) in [4.78, 5) is 10.8. The van der Waals surface area contributed by atoms with Crippen molar-refractivity contribution in [3.8, 4) is 11.5 Å². The van der Waals surface area contributed by atoms with Gasteiger partial charge in [0.25, 0.3) is 0 Å². The molecule has 6 nitrogen and oxygen atoms in total. The number of benzene rings is 1. The van der Waals surface area contributed by atoms with Crippen LogP contribution in [0, 0.1) is 0 Å². The number of hydrogen-bond donors (Lipinski definition) is 1. The van der Waals surface area contributed by atoms with Crippen LogP contribution in [0.15, 0.2) is 28.7 Å². The van der Waals surface area contributed by atoms with E-state index in [1.165, 1.54) is 7.11 Å². The maximum absolute atomic E-state index is 10.8. The predicted molar refractivity (Wildman–Crippen MR) is 68.9 cm³/mol. The summed E-state index contributed by atoms with van der Waals surface area (Å²) in [5.41, 5.74) is 0.795. The first-order valence-corrected chi connectivity index (χ1v) is 5.97. The second kappa shape index (κ2) is 6.19. The molecule has 2 aromatic rings. The van der Waals surface area contributed by atoms with Crippen molar-refractivity contribution in [1.82, 2.24) is 15.5 Å². The van der Waals surface area contributed by atoms with Gasteiger partial charge in [-0.25, -0.2) is 4.79 Å². The Bertz CT molecular complexity index is 554. The van der Waals surface area contributed by atoms with E-state index >= 15 is 0 Å². The topological polar surface area (TPSA) is 77.2 Å². The molecule has 0 bridgehead atoms. The lowest BCUT2D eigenvalue weighted by molar-refractivity contribution is 0.171.